The van der Waals surface area contributed by atoms with Crippen LogP contribution in [0.1, 0.15) is 17.7 Å². The second-order valence-corrected chi connectivity index (χ2v) is 3.27. The molecular weight excluding hydrogens is 217 g/mol. The van der Waals surface area contributed by atoms with Crippen molar-refractivity contribution < 1.29 is 13.2 Å². The third kappa shape index (κ3) is 4.02. The lowest BCUT2D eigenvalue weighted by Gasteiger charge is -2.04. The van der Waals surface area contributed by atoms with E-state index >= 15 is 0 Å². The Hall–Kier alpha value is -1.36. The monoisotopic (exact) mass is 230 g/mol. The van der Waals surface area contributed by atoms with E-state index in [-0.39, 0.29) is 0 Å². The van der Waals surface area contributed by atoms with Gasteiger partial charge in [0.2, 0.25) is 0 Å². The predicted molar refractivity (Wildman–Crippen MR) is 56.8 cm³/mol. The Kier molecular flexibility index (Phi) is 4.49. The molecule has 5 heteroatoms. The van der Waals surface area contributed by atoms with Crippen LogP contribution in [0.2, 0.25) is 0 Å². The second kappa shape index (κ2) is 5.65. The highest BCUT2D eigenvalue weighted by molar-refractivity contribution is 5.47. The van der Waals surface area contributed by atoms with Crippen LogP contribution in [0, 0.1) is 0 Å². The van der Waals surface area contributed by atoms with Crippen molar-refractivity contribution in [3.05, 3.63) is 35.7 Å². The topological polar surface area (TPSA) is 24.9 Å². The summed E-state index contributed by atoms with van der Waals surface area (Å²) in [5.41, 5.74) is -0.191. The van der Waals surface area contributed by atoms with Crippen molar-refractivity contribution in [2.24, 2.45) is 0 Å². The van der Waals surface area contributed by atoms with Gasteiger partial charge in [0.05, 0.1) is 0 Å². The minimum absolute atomic E-state index is 0.670. The number of pyridine rings is 1. The van der Waals surface area contributed by atoms with E-state index in [4.69, 9.17) is 0 Å². The second-order valence-electron chi connectivity index (χ2n) is 3.27. The molecule has 1 aromatic heterocycles. The lowest BCUT2D eigenvalue weighted by atomic mass is 10.2. The minimum Gasteiger partial charge on any atom is -0.319 e. The summed E-state index contributed by atoms with van der Waals surface area (Å²) in [6.07, 6.45) is 1.33. The van der Waals surface area contributed by atoms with Crippen molar-refractivity contribution >= 4 is 6.08 Å². The molecule has 1 N–H and O–H groups in total. The molecule has 0 bridgehead atoms. The maximum atomic E-state index is 12.2. The quantitative estimate of drug-likeness (QED) is 0.804. The van der Waals surface area contributed by atoms with Crippen molar-refractivity contribution in [2.75, 3.05) is 13.6 Å². The van der Waals surface area contributed by atoms with Crippen LogP contribution >= 0.6 is 0 Å². The zero-order valence-corrected chi connectivity index (χ0v) is 8.88. The smallest absolute Gasteiger partial charge is 0.319 e. The molecule has 0 fully saturated rings. The van der Waals surface area contributed by atoms with E-state index < -0.39 is 11.9 Å². The van der Waals surface area contributed by atoms with Gasteiger partial charge in [0, 0.05) is 6.20 Å². The largest absolute Gasteiger partial charge is 0.433 e. The first-order chi connectivity index (χ1) is 7.54. The van der Waals surface area contributed by atoms with E-state index in [0.717, 1.165) is 19.0 Å². The Morgan fingerprint density at radius 2 is 2.12 bits per heavy atom. The average molecular weight is 230 g/mol. The lowest BCUT2D eigenvalue weighted by molar-refractivity contribution is -0.141. The molecule has 0 spiro atoms. The van der Waals surface area contributed by atoms with Gasteiger partial charge in [-0.25, -0.2) is 0 Å². The fourth-order valence-corrected chi connectivity index (χ4v) is 1.12. The van der Waals surface area contributed by atoms with Crippen LogP contribution in [0.4, 0.5) is 13.2 Å². The van der Waals surface area contributed by atoms with Gasteiger partial charge >= 0.3 is 6.18 Å². The van der Waals surface area contributed by atoms with Gasteiger partial charge in [0.25, 0.3) is 0 Å². The molecule has 16 heavy (non-hydrogen) atoms. The molecule has 0 aliphatic heterocycles. The van der Waals surface area contributed by atoms with Crippen molar-refractivity contribution in [1.82, 2.24) is 10.3 Å². The van der Waals surface area contributed by atoms with Gasteiger partial charge in [-0.1, -0.05) is 18.2 Å². The highest BCUT2D eigenvalue weighted by atomic mass is 19.4. The SMILES string of the molecule is CNCCC=Cc1ccc(C(F)(F)F)nc1. The van der Waals surface area contributed by atoms with Crippen LogP contribution in [0.3, 0.4) is 0 Å². The summed E-state index contributed by atoms with van der Waals surface area (Å²) in [5.74, 6) is 0. The fraction of sp³-hybridized carbons (Fsp3) is 0.364. The highest BCUT2D eigenvalue weighted by Crippen LogP contribution is 2.27. The van der Waals surface area contributed by atoms with Gasteiger partial charge in [-0.05, 0) is 31.6 Å². The molecule has 0 saturated heterocycles. The molecule has 1 aromatic rings. The number of halogens is 3. The molecule has 0 atom stereocenters. The molecular formula is C11H13F3N2. The number of hydrogen-bond donors (Lipinski definition) is 1. The molecule has 0 unspecified atom stereocenters. The van der Waals surface area contributed by atoms with E-state index in [2.05, 4.69) is 10.3 Å². The number of nitrogens with one attached hydrogen (secondary N) is 1. The zero-order chi connectivity index (χ0) is 12.0. The third-order valence-electron chi connectivity index (χ3n) is 1.95. The van der Waals surface area contributed by atoms with E-state index in [1.54, 1.807) is 6.08 Å². The highest BCUT2D eigenvalue weighted by Gasteiger charge is 2.31. The van der Waals surface area contributed by atoms with Crippen molar-refractivity contribution in [3.63, 3.8) is 0 Å². The Bertz CT molecular complexity index is 341. The number of alkyl halides is 3. The summed E-state index contributed by atoms with van der Waals surface area (Å²) in [7, 11) is 1.84. The third-order valence-corrected chi connectivity index (χ3v) is 1.95. The van der Waals surface area contributed by atoms with Crippen LogP contribution in [0.25, 0.3) is 6.08 Å². The maximum Gasteiger partial charge on any atom is 0.433 e. The van der Waals surface area contributed by atoms with E-state index in [1.807, 2.05) is 13.1 Å². The molecule has 88 valence electrons. The standard InChI is InChI=1S/C11H13F3N2/c1-15-7-3-2-4-9-5-6-10(16-8-9)11(12,13)14/h2,4-6,8,15H,3,7H2,1H3. The molecule has 2 nitrogen and oxygen atoms in total. The summed E-state index contributed by atoms with van der Waals surface area (Å²) in [4.78, 5) is 3.36. The number of nitrogens with zero attached hydrogens (tertiary/aromatic N) is 1. The summed E-state index contributed by atoms with van der Waals surface area (Å²) >= 11 is 0. The maximum absolute atomic E-state index is 12.2. The van der Waals surface area contributed by atoms with Crippen LogP contribution < -0.4 is 5.32 Å². The predicted octanol–water partition coefficient (Wildman–Crippen LogP) is 2.72. The zero-order valence-electron chi connectivity index (χ0n) is 8.88. The first-order valence-electron chi connectivity index (χ1n) is 4.88. The summed E-state index contributed by atoms with van der Waals surface area (Å²) in [6.45, 7) is 0.838. The van der Waals surface area contributed by atoms with Crippen molar-refractivity contribution in [3.8, 4) is 0 Å². The normalized spacial score (nSPS) is 12.2. The lowest BCUT2D eigenvalue weighted by Crippen LogP contribution is -2.07. The first kappa shape index (κ1) is 12.7. The van der Waals surface area contributed by atoms with Gasteiger partial charge in [-0.15, -0.1) is 0 Å². The molecule has 0 saturated carbocycles. The molecule has 1 rings (SSSR count). The van der Waals surface area contributed by atoms with Crippen LogP contribution in [-0.2, 0) is 6.18 Å². The molecule has 0 aliphatic rings. The van der Waals surface area contributed by atoms with Crippen LogP contribution in [-0.4, -0.2) is 18.6 Å². The molecule has 0 aliphatic carbocycles. The van der Waals surface area contributed by atoms with E-state index in [9.17, 15) is 13.2 Å². The Labute approximate surface area is 92.2 Å². The Morgan fingerprint density at radius 1 is 1.38 bits per heavy atom. The van der Waals surface area contributed by atoms with Gasteiger partial charge in [0.15, 0.2) is 0 Å². The van der Waals surface area contributed by atoms with Gasteiger partial charge < -0.3 is 5.32 Å². The molecule has 1 heterocycles. The van der Waals surface area contributed by atoms with Gasteiger partial charge in [-0.3, -0.25) is 4.98 Å². The molecule has 0 aromatic carbocycles. The Balaban J connectivity index is 2.61. The average Bonchev–Trinajstić information content (AvgIpc) is 2.24. The summed E-state index contributed by atoms with van der Waals surface area (Å²) in [6, 6.07) is 2.39. The van der Waals surface area contributed by atoms with E-state index in [1.165, 1.54) is 12.3 Å². The number of rotatable bonds is 4. The fourth-order valence-electron chi connectivity index (χ4n) is 1.12. The Morgan fingerprint density at radius 3 is 2.62 bits per heavy atom. The van der Waals surface area contributed by atoms with Gasteiger partial charge in [-0.2, -0.15) is 13.2 Å². The van der Waals surface area contributed by atoms with Crippen LogP contribution in [0.5, 0.6) is 0 Å². The minimum atomic E-state index is -4.37. The summed E-state index contributed by atoms with van der Waals surface area (Å²) in [5, 5.41) is 2.97. The molecule has 0 radical (unpaired) electrons. The van der Waals surface area contributed by atoms with Crippen molar-refractivity contribution in [2.45, 2.75) is 12.6 Å². The summed E-state index contributed by atoms with van der Waals surface area (Å²) < 4.78 is 36.5. The van der Waals surface area contributed by atoms with E-state index in [0.29, 0.717) is 5.56 Å². The number of aromatic nitrogens is 1. The number of hydrogen-bond acceptors (Lipinski definition) is 2. The van der Waals surface area contributed by atoms with Crippen molar-refractivity contribution in [1.29, 1.82) is 0 Å². The van der Waals surface area contributed by atoms with Crippen LogP contribution in [0.15, 0.2) is 24.4 Å². The first-order valence-corrected chi connectivity index (χ1v) is 4.88. The van der Waals surface area contributed by atoms with Gasteiger partial charge in [0.1, 0.15) is 5.69 Å². The molecule has 0 amide bonds.